The Morgan fingerprint density at radius 2 is 1.94 bits per heavy atom. The molecule has 0 saturated carbocycles. The van der Waals surface area contributed by atoms with Crippen LogP contribution in [0.4, 0.5) is 5.82 Å². The number of aromatic nitrogens is 1. The van der Waals surface area contributed by atoms with Crippen LogP contribution in [0.5, 0.6) is 5.75 Å². The molecule has 5 heteroatoms. The second kappa shape index (κ2) is 10.3. The van der Waals surface area contributed by atoms with Crippen LogP contribution in [-0.4, -0.2) is 27.7 Å². The summed E-state index contributed by atoms with van der Waals surface area (Å²) in [6.45, 7) is 5.67. The Bertz CT molecular complexity index is 1110. The first-order valence-electron chi connectivity index (χ1n) is 11.3. The van der Waals surface area contributed by atoms with Crippen LogP contribution in [-0.2, 0) is 30.2 Å². The number of ether oxygens (including phenoxy) is 1. The zero-order chi connectivity index (χ0) is 22.5. The first kappa shape index (κ1) is 22.5. The lowest BCUT2D eigenvalue weighted by Crippen LogP contribution is -2.07. The summed E-state index contributed by atoms with van der Waals surface area (Å²) in [5, 5.41) is 3.32. The number of hydrogen-bond donors (Lipinski definition) is 1. The quantitative estimate of drug-likeness (QED) is 0.436. The Hall–Kier alpha value is -2.66. The molecule has 1 aromatic heterocycles. The number of nitrogens with zero attached hydrogens (tertiary/aromatic N) is 1. The molecule has 168 valence electrons. The summed E-state index contributed by atoms with van der Waals surface area (Å²) in [5.74, 6) is 3.25. The molecule has 0 spiro atoms. The van der Waals surface area contributed by atoms with Crippen molar-refractivity contribution in [2.45, 2.75) is 39.7 Å². The molecule has 0 saturated heterocycles. The van der Waals surface area contributed by atoms with Gasteiger partial charge in [0.25, 0.3) is 0 Å². The van der Waals surface area contributed by atoms with Gasteiger partial charge >= 0.3 is 0 Å². The van der Waals surface area contributed by atoms with Crippen molar-refractivity contribution in [2.75, 3.05) is 23.9 Å². The molecule has 4 nitrogen and oxygen atoms in total. The molecule has 0 radical (unpaired) electrons. The summed E-state index contributed by atoms with van der Waals surface area (Å²) in [7, 11) is -0.745. The van der Waals surface area contributed by atoms with Gasteiger partial charge in [-0.1, -0.05) is 31.2 Å². The fraction of sp³-hybridized carbons (Fsp3) is 0.370. The Morgan fingerprint density at radius 3 is 2.75 bits per heavy atom. The number of aryl methyl sites for hydroxylation is 1. The predicted molar refractivity (Wildman–Crippen MR) is 134 cm³/mol. The maximum absolute atomic E-state index is 11.2. The van der Waals surface area contributed by atoms with E-state index in [9.17, 15) is 4.21 Å². The Balaban J connectivity index is 1.39. The normalized spacial score (nSPS) is 15.9. The van der Waals surface area contributed by atoms with Gasteiger partial charge in [-0.2, -0.15) is 0 Å². The monoisotopic (exact) mass is 448 g/mol. The molecular weight excluding hydrogens is 416 g/mol. The number of pyridine rings is 1. The van der Waals surface area contributed by atoms with E-state index in [4.69, 9.17) is 9.72 Å². The highest BCUT2D eigenvalue weighted by molar-refractivity contribution is 7.84. The van der Waals surface area contributed by atoms with E-state index in [1.807, 2.05) is 13.0 Å². The number of hydrogen-bond acceptors (Lipinski definition) is 4. The molecule has 1 aliphatic rings. The summed E-state index contributed by atoms with van der Waals surface area (Å²) < 4.78 is 17.3. The number of nitrogens with one attached hydrogen (secondary N) is 1. The summed E-state index contributed by atoms with van der Waals surface area (Å²) in [6.07, 6.45) is 4.94. The Kier molecular flexibility index (Phi) is 7.26. The standard InChI is InChI=1S/C27H32N2O2S/c1-19-14-22-8-9-25(17-24(22)15-19)31-18-21-6-4-7-23(16-21)26-10-11-27(29-20(26)2)28-12-5-13-32(3)30/h4,6-11,16-17,19H,5,12-15,18H2,1-3H3,(H,28,29). The number of benzene rings is 2. The van der Waals surface area contributed by atoms with Gasteiger partial charge in [0.15, 0.2) is 0 Å². The van der Waals surface area contributed by atoms with Gasteiger partial charge in [-0.25, -0.2) is 4.98 Å². The zero-order valence-electron chi connectivity index (χ0n) is 19.2. The Labute approximate surface area is 193 Å². The molecule has 32 heavy (non-hydrogen) atoms. The third-order valence-corrected chi connectivity index (χ3v) is 6.82. The van der Waals surface area contributed by atoms with Crippen LogP contribution in [0.1, 0.15) is 35.7 Å². The molecule has 0 aliphatic heterocycles. The highest BCUT2D eigenvalue weighted by atomic mass is 32.2. The Morgan fingerprint density at radius 1 is 1.09 bits per heavy atom. The maximum Gasteiger partial charge on any atom is 0.126 e. The molecule has 0 amide bonds. The van der Waals surface area contributed by atoms with E-state index in [-0.39, 0.29) is 0 Å². The second-order valence-corrected chi connectivity index (χ2v) is 10.4. The van der Waals surface area contributed by atoms with Crippen molar-refractivity contribution >= 4 is 16.6 Å². The molecule has 2 unspecified atom stereocenters. The van der Waals surface area contributed by atoms with Crippen LogP contribution in [0, 0.1) is 12.8 Å². The van der Waals surface area contributed by atoms with Crippen LogP contribution < -0.4 is 10.1 Å². The summed E-state index contributed by atoms with van der Waals surface area (Å²) in [5.41, 5.74) is 7.30. The molecule has 3 aromatic rings. The molecule has 1 aliphatic carbocycles. The topological polar surface area (TPSA) is 51.2 Å². The smallest absolute Gasteiger partial charge is 0.126 e. The fourth-order valence-corrected chi connectivity index (χ4v) is 4.91. The lowest BCUT2D eigenvalue weighted by Gasteiger charge is -2.12. The van der Waals surface area contributed by atoms with Crippen molar-refractivity contribution in [2.24, 2.45) is 5.92 Å². The van der Waals surface area contributed by atoms with Crippen LogP contribution >= 0.6 is 0 Å². The molecule has 0 fully saturated rings. The highest BCUT2D eigenvalue weighted by Crippen LogP contribution is 2.30. The molecular formula is C27H32N2O2S. The van der Waals surface area contributed by atoms with E-state index in [1.165, 1.54) is 17.5 Å². The van der Waals surface area contributed by atoms with Gasteiger partial charge in [0, 0.05) is 40.6 Å². The number of rotatable bonds is 9. The van der Waals surface area contributed by atoms with E-state index in [0.717, 1.165) is 59.3 Å². The van der Waals surface area contributed by atoms with Gasteiger partial charge in [-0.05, 0) is 84.7 Å². The molecule has 1 heterocycles. The fourth-order valence-electron chi connectivity index (χ4n) is 4.36. The van der Waals surface area contributed by atoms with Crippen LogP contribution in [0.3, 0.4) is 0 Å². The predicted octanol–water partition coefficient (Wildman–Crippen LogP) is 5.55. The van der Waals surface area contributed by atoms with Crippen LogP contribution in [0.2, 0.25) is 0 Å². The van der Waals surface area contributed by atoms with Gasteiger partial charge in [-0.15, -0.1) is 0 Å². The van der Waals surface area contributed by atoms with E-state index < -0.39 is 10.8 Å². The number of fused-ring (bicyclic) bond motifs is 1. The molecule has 2 atom stereocenters. The SMILES string of the molecule is Cc1nc(NCCCS(C)=O)ccc1-c1cccc(COc2ccc3c(c2)CC(C)C3)c1. The molecule has 0 bridgehead atoms. The third-order valence-electron chi connectivity index (χ3n) is 5.96. The average molecular weight is 449 g/mol. The zero-order valence-corrected chi connectivity index (χ0v) is 20.0. The summed E-state index contributed by atoms with van der Waals surface area (Å²) >= 11 is 0. The first-order chi connectivity index (χ1) is 15.5. The largest absolute Gasteiger partial charge is 0.489 e. The molecule has 1 N–H and O–H groups in total. The van der Waals surface area contributed by atoms with Crippen LogP contribution in [0.15, 0.2) is 54.6 Å². The van der Waals surface area contributed by atoms with Crippen molar-refractivity contribution in [3.05, 3.63) is 77.0 Å². The van der Waals surface area contributed by atoms with Gasteiger partial charge in [0.1, 0.15) is 18.2 Å². The minimum absolute atomic E-state index is 0.549. The summed E-state index contributed by atoms with van der Waals surface area (Å²) in [4.78, 5) is 4.71. The van der Waals surface area contributed by atoms with Crippen molar-refractivity contribution in [3.8, 4) is 16.9 Å². The van der Waals surface area contributed by atoms with Crippen molar-refractivity contribution < 1.29 is 8.95 Å². The van der Waals surface area contributed by atoms with E-state index in [1.54, 1.807) is 6.26 Å². The molecule has 4 rings (SSSR count). The van der Waals surface area contributed by atoms with Gasteiger partial charge in [0.05, 0.1) is 0 Å². The van der Waals surface area contributed by atoms with Crippen LogP contribution in [0.25, 0.3) is 11.1 Å². The van der Waals surface area contributed by atoms with E-state index in [2.05, 4.69) is 60.8 Å². The average Bonchev–Trinajstić information content (AvgIpc) is 3.15. The highest BCUT2D eigenvalue weighted by Gasteiger charge is 2.18. The van der Waals surface area contributed by atoms with Gasteiger partial charge in [-0.3, -0.25) is 4.21 Å². The molecule has 2 aromatic carbocycles. The third kappa shape index (κ3) is 5.77. The summed E-state index contributed by atoms with van der Waals surface area (Å²) in [6, 6.07) is 19.1. The van der Waals surface area contributed by atoms with E-state index in [0.29, 0.717) is 12.4 Å². The van der Waals surface area contributed by atoms with Crippen molar-refractivity contribution in [3.63, 3.8) is 0 Å². The minimum Gasteiger partial charge on any atom is -0.489 e. The number of anilines is 1. The van der Waals surface area contributed by atoms with Gasteiger partial charge in [0.2, 0.25) is 0 Å². The minimum atomic E-state index is -0.745. The lowest BCUT2D eigenvalue weighted by molar-refractivity contribution is 0.306. The van der Waals surface area contributed by atoms with E-state index >= 15 is 0 Å². The second-order valence-electron chi connectivity index (χ2n) is 8.82. The van der Waals surface area contributed by atoms with Crippen molar-refractivity contribution in [1.29, 1.82) is 0 Å². The first-order valence-corrected chi connectivity index (χ1v) is 13.1. The maximum atomic E-state index is 11.2. The lowest BCUT2D eigenvalue weighted by atomic mass is 10.0. The van der Waals surface area contributed by atoms with Crippen molar-refractivity contribution in [1.82, 2.24) is 4.98 Å². The van der Waals surface area contributed by atoms with Gasteiger partial charge < -0.3 is 10.1 Å².